The summed E-state index contributed by atoms with van der Waals surface area (Å²) in [7, 11) is 0. The maximum Gasteiger partial charge on any atom is 0.325 e. The summed E-state index contributed by atoms with van der Waals surface area (Å²) < 4.78 is 33.5. The number of alkyl halides is 2. The number of aromatic nitrogens is 1. The van der Waals surface area contributed by atoms with Crippen LogP contribution in [0.15, 0.2) is 36.4 Å². The Morgan fingerprint density at radius 3 is 2.85 bits per heavy atom. The molecule has 1 saturated heterocycles. The van der Waals surface area contributed by atoms with Crippen molar-refractivity contribution in [2.75, 3.05) is 19.7 Å². The van der Waals surface area contributed by atoms with Crippen LogP contribution in [0.1, 0.15) is 73.1 Å². The molecule has 0 radical (unpaired) electrons. The van der Waals surface area contributed by atoms with E-state index in [0.29, 0.717) is 25.3 Å². The molecule has 4 rings (SSSR count). The Morgan fingerprint density at radius 1 is 1.24 bits per heavy atom. The van der Waals surface area contributed by atoms with Gasteiger partial charge in [0, 0.05) is 43.6 Å². The number of likely N-dealkylation sites (tertiary alicyclic amines) is 1. The highest BCUT2D eigenvalue weighted by molar-refractivity contribution is 5.75. The second-order valence-corrected chi connectivity index (χ2v) is 9.60. The van der Waals surface area contributed by atoms with Gasteiger partial charge in [-0.2, -0.15) is 0 Å². The second kappa shape index (κ2) is 10.9. The van der Waals surface area contributed by atoms with Crippen LogP contribution in [-0.4, -0.2) is 46.8 Å². The number of aliphatic carboxylic acids is 1. The van der Waals surface area contributed by atoms with Gasteiger partial charge in [-0.05, 0) is 74.6 Å². The Bertz CT molecular complexity index is 992. The maximum absolute atomic E-state index is 13.7. The number of carboxylic acid groups (broad SMARTS) is 1. The zero-order valence-corrected chi connectivity index (χ0v) is 19.8. The van der Waals surface area contributed by atoms with Crippen molar-refractivity contribution in [3.8, 4) is 0 Å². The molecule has 1 aromatic heterocycles. The molecule has 0 saturated carbocycles. The standard InChI is InChI=1S/C27H34F2N2O3/c1-27(28,29)21-9-6-8-20(17-21)25(26(32)33)31-15-14-23(18-31)34-16-5-4-10-22-13-12-19-7-2-3-11-24(19)30-22/h6,8-9,12-13,17,23,25H,2-5,7,10-11,14-16,18H2,1H3,(H,32,33)/t23-,25-/m1/s1. The fraction of sp³-hybridized carbons (Fsp3) is 0.556. The molecule has 2 heterocycles. The molecule has 184 valence electrons. The summed E-state index contributed by atoms with van der Waals surface area (Å²) in [4.78, 5) is 18.7. The Balaban J connectivity index is 1.24. The van der Waals surface area contributed by atoms with E-state index in [1.807, 2.05) is 4.90 Å². The first-order chi connectivity index (χ1) is 16.3. The fourth-order valence-corrected chi connectivity index (χ4v) is 5.04. The summed E-state index contributed by atoms with van der Waals surface area (Å²) in [6.45, 7) is 2.49. The van der Waals surface area contributed by atoms with Crippen molar-refractivity contribution in [1.82, 2.24) is 9.88 Å². The van der Waals surface area contributed by atoms with Crippen molar-refractivity contribution in [3.05, 3.63) is 64.5 Å². The molecule has 2 atom stereocenters. The third-order valence-electron chi connectivity index (χ3n) is 6.90. The first kappa shape index (κ1) is 24.7. The molecule has 1 fully saturated rings. The molecule has 1 aliphatic carbocycles. The molecule has 5 nitrogen and oxygen atoms in total. The Labute approximate surface area is 200 Å². The molecular weight excluding hydrogens is 438 g/mol. The molecule has 2 aromatic rings. The number of halogens is 2. The summed E-state index contributed by atoms with van der Waals surface area (Å²) in [5.41, 5.74) is 4.03. The van der Waals surface area contributed by atoms with E-state index in [2.05, 4.69) is 12.1 Å². The van der Waals surface area contributed by atoms with Gasteiger partial charge >= 0.3 is 5.97 Å². The highest BCUT2D eigenvalue weighted by atomic mass is 19.3. The van der Waals surface area contributed by atoms with Gasteiger partial charge in [-0.1, -0.05) is 24.3 Å². The van der Waals surface area contributed by atoms with Crippen molar-refractivity contribution in [2.45, 2.75) is 76.4 Å². The molecular formula is C27H34F2N2O3. The number of hydrogen-bond donors (Lipinski definition) is 1. The van der Waals surface area contributed by atoms with Crippen LogP contribution >= 0.6 is 0 Å². The van der Waals surface area contributed by atoms with Crippen LogP contribution in [0.4, 0.5) is 8.78 Å². The summed E-state index contributed by atoms with van der Waals surface area (Å²) in [6.07, 6.45) is 8.28. The molecule has 34 heavy (non-hydrogen) atoms. The topological polar surface area (TPSA) is 62.7 Å². The SMILES string of the molecule is CC(F)(F)c1cccc([C@H](C(=O)O)N2CC[C@@H](OCCCCc3ccc4c(n3)CCCC4)C2)c1. The maximum atomic E-state index is 13.7. The number of aryl methyl sites for hydroxylation is 3. The van der Waals surface area contributed by atoms with Crippen LogP contribution in [-0.2, 0) is 34.7 Å². The number of pyridine rings is 1. The van der Waals surface area contributed by atoms with Crippen LogP contribution in [0.25, 0.3) is 0 Å². The lowest BCUT2D eigenvalue weighted by molar-refractivity contribution is -0.143. The highest BCUT2D eigenvalue weighted by Gasteiger charge is 2.35. The van der Waals surface area contributed by atoms with Gasteiger partial charge in [0.2, 0.25) is 0 Å². The smallest absolute Gasteiger partial charge is 0.325 e. The number of carbonyl (C=O) groups is 1. The summed E-state index contributed by atoms with van der Waals surface area (Å²) in [5.74, 6) is -4.04. The number of carboxylic acids is 1. The summed E-state index contributed by atoms with van der Waals surface area (Å²) >= 11 is 0. The number of fused-ring (bicyclic) bond motifs is 1. The van der Waals surface area contributed by atoms with E-state index in [1.54, 1.807) is 6.07 Å². The van der Waals surface area contributed by atoms with Gasteiger partial charge in [-0.3, -0.25) is 14.7 Å². The van der Waals surface area contributed by atoms with E-state index in [1.165, 1.54) is 42.3 Å². The zero-order valence-electron chi connectivity index (χ0n) is 19.8. The molecule has 0 bridgehead atoms. The van der Waals surface area contributed by atoms with E-state index in [-0.39, 0.29) is 11.7 Å². The van der Waals surface area contributed by atoms with E-state index in [4.69, 9.17) is 9.72 Å². The molecule has 1 N–H and O–H groups in total. The van der Waals surface area contributed by atoms with E-state index in [9.17, 15) is 18.7 Å². The first-order valence-electron chi connectivity index (χ1n) is 12.4. The highest BCUT2D eigenvalue weighted by Crippen LogP contribution is 2.32. The van der Waals surface area contributed by atoms with Crippen molar-refractivity contribution < 1.29 is 23.4 Å². The Morgan fingerprint density at radius 2 is 2.06 bits per heavy atom. The number of ether oxygens (including phenoxy) is 1. The average Bonchev–Trinajstić information content (AvgIpc) is 3.26. The van der Waals surface area contributed by atoms with Crippen LogP contribution < -0.4 is 0 Å². The Kier molecular flexibility index (Phi) is 7.94. The third kappa shape index (κ3) is 6.19. The van der Waals surface area contributed by atoms with E-state index < -0.39 is 17.9 Å². The number of nitrogens with zero attached hydrogens (tertiary/aromatic N) is 2. The minimum absolute atomic E-state index is 0.0421. The molecule has 0 unspecified atom stereocenters. The fourth-order valence-electron chi connectivity index (χ4n) is 5.04. The quantitative estimate of drug-likeness (QED) is 0.475. The number of hydrogen-bond acceptors (Lipinski definition) is 4. The van der Waals surface area contributed by atoms with Gasteiger partial charge in [0.25, 0.3) is 5.92 Å². The van der Waals surface area contributed by atoms with Gasteiger partial charge in [0.05, 0.1) is 6.10 Å². The predicted molar refractivity (Wildman–Crippen MR) is 126 cm³/mol. The molecule has 7 heteroatoms. The normalized spacial score (nSPS) is 19.7. The molecule has 0 amide bonds. The third-order valence-corrected chi connectivity index (χ3v) is 6.90. The van der Waals surface area contributed by atoms with Crippen LogP contribution in [0, 0.1) is 0 Å². The molecule has 1 aromatic carbocycles. The van der Waals surface area contributed by atoms with Gasteiger partial charge in [0.1, 0.15) is 6.04 Å². The first-order valence-corrected chi connectivity index (χ1v) is 12.4. The van der Waals surface area contributed by atoms with Crippen molar-refractivity contribution in [3.63, 3.8) is 0 Å². The predicted octanol–water partition coefficient (Wildman–Crippen LogP) is 5.31. The summed E-state index contributed by atoms with van der Waals surface area (Å²) in [5, 5.41) is 9.82. The van der Waals surface area contributed by atoms with Gasteiger partial charge in [0.15, 0.2) is 0 Å². The zero-order chi connectivity index (χ0) is 24.1. The Hall–Kier alpha value is -2.38. The number of rotatable bonds is 10. The lowest BCUT2D eigenvalue weighted by atomic mass is 9.95. The van der Waals surface area contributed by atoms with Crippen molar-refractivity contribution in [2.24, 2.45) is 0 Å². The second-order valence-electron chi connectivity index (χ2n) is 9.60. The van der Waals surface area contributed by atoms with Crippen LogP contribution in [0.3, 0.4) is 0 Å². The number of benzene rings is 1. The van der Waals surface area contributed by atoms with Gasteiger partial charge in [-0.25, -0.2) is 8.78 Å². The number of unbranched alkanes of at least 4 members (excludes halogenated alkanes) is 1. The van der Waals surface area contributed by atoms with Crippen molar-refractivity contribution >= 4 is 5.97 Å². The summed E-state index contributed by atoms with van der Waals surface area (Å²) in [6, 6.07) is 9.17. The molecule has 2 aliphatic rings. The largest absolute Gasteiger partial charge is 0.480 e. The molecule has 1 aliphatic heterocycles. The lowest BCUT2D eigenvalue weighted by Crippen LogP contribution is -2.33. The minimum Gasteiger partial charge on any atom is -0.480 e. The molecule has 0 spiro atoms. The minimum atomic E-state index is -3.01. The average molecular weight is 473 g/mol. The monoisotopic (exact) mass is 472 g/mol. The van der Waals surface area contributed by atoms with Gasteiger partial charge in [-0.15, -0.1) is 0 Å². The van der Waals surface area contributed by atoms with Gasteiger partial charge < -0.3 is 9.84 Å². The van der Waals surface area contributed by atoms with Crippen molar-refractivity contribution in [1.29, 1.82) is 0 Å². The lowest BCUT2D eigenvalue weighted by Gasteiger charge is -2.25. The van der Waals surface area contributed by atoms with E-state index >= 15 is 0 Å². The van der Waals surface area contributed by atoms with Crippen LogP contribution in [0.5, 0.6) is 0 Å². The van der Waals surface area contributed by atoms with E-state index in [0.717, 1.165) is 51.1 Å². The van der Waals surface area contributed by atoms with Crippen LogP contribution in [0.2, 0.25) is 0 Å².